The SMILES string of the molecule is NC1(C(=O)O)CCN(C(=O)Cc2ccc(Cl)cc2)C1. The van der Waals surface area contributed by atoms with Crippen molar-refractivity contribution in [2.45, 2.75) is 18.4 Å². The molecule has 1 amide bonds. The van der Waals surface area contributed by atoms with E-state index in [0.717, 1.165) is 5.56 Å². The fourth-order valence-corrected chi connectivity index (χ4v) is 2.24. The normalized spacial score (nSPS) is 22.5. The van der Waals surface area contributed by atoms with Gasteiger partial charge in [0, 0.05) is 18.1 Å². The Morgan fingerprint density at radius 1 is 1.37 bits per heavy atom. The van der Waals surface area contributed by atoms with Gasteiger partial charge in [-0.2, -0.15) is 0 Å². The van der Waals surface area contributed by atoms with Gasteiger partial charge in [-0.05, 0) is 24.1 Å². The van der Waals surface area contributed by atoms with E-state index in [1.54, 1.807) is 24.3 Å². The van der Waals surface area contributed by atoms with E-state index in [4.69, 9.17) is 22.4 Å². The van der Waals surface area contributed by atoms with Crippen molar-refractivity contribution in [3.8, 4) is 0 Å². The number of rotatable bonds is 3. The molecule has 1 unspecified atom stereocenters. The average Bonchev–Trinajstić information content (AvgIpc) is 2.76. The molecule has 1 aromatic rings. The van der Waals surface area contributed by atoms with E-state index in [1.165, 1.54) is 4.90 Å². The molecule has 1 fully saturated rings. The monoisotopic (exact) mass is 282 g/mol. The van der Waals surface area contributed by atoms with E-state index >= 15 is 0 Å². The molecule has 19 heavy (non-hydrogen) atoms. The topological polar surface area (TPSA) is 83.6 Å². The Balaban J connectivity index is 1.98. The van der Waals surface area contributed by atoms with Crippen LogP contribution in [0.3, 0.4) is 0 Å². The molecule has 1 aromatic carbocycles. The highest BCUT2D eigenvalue weighted by atomic mass is 35.5. The molecular weight excluding hydrogens is 268 g/mol. The molecule has 0 aromatic heterocycles. The molecule has 0 aliphatic carbocycles. The van der Waals surface area contributed by atoms with Crippen LogP contribution >= 0.6 is 11.6 Å². The Bertz CT molecular complexity index is 503. The largest absolute Gasteiger partial charge is 0.480 e. The van der Waals surface area contributed by atoms with Gasteiger partial charge < -0.3 is 15.7 Å². The average molecular weight is 283 g/mol. The molecule has 3 N–H and O–H groups in total. The van der Waals surface area contributed by atoms with Crippen LogP contribution in [0, 0.1) is 0 Å². The van der Waals surface area contributed by atoms with E-state index in [2.05, 4.69) is 0 Å². The van der Waals surface area contributed by atoms with Gasteiger partial charge in [-0.3, -0.25) is 9.59 Å². The van der Waals surface area contributed by atoms with E-state index in [9.17, 15) is 9.59 Å². The van der Waals surface area contributed by atoms with Gasteiger partial charge in [0.25, 0.3) is 0 Å². The number of likely N-dealkylation sites (tertiary alicyclic amines) is 1. The zero-order valence-electron chi connectivity index (χ0n) is 10.3. The molecule has 5 nitrogen and oxygen atoms in total. The summed E-state index contributed by atoms with van der Waals surface area (Å²) in [7, 11) is 0. The van der Waals surface area contributed by atoms with Crippen molar-refractivity contribution in [1.82, 2.24) is 4.90 Å². The third kappa shape index (κ3) is 3.05. The number of aliphatic carboxylic acids is 1. The minimum absolute atomic E-state index is 0.0642. The van der Waals surface area contributed by atoms with Crippen LogP contribution < -0.4 is 5.73 Å². The summed E-state index contributed by atoms with van der Waals surface area (Å²) in [6.45, 7) is 0.448. The molecule has 102 valence electrons. The molecule has 0 saturated carbocycles. The first-order valence-electron chi connectivity index (χ1n) is 5.95. The van der Waals surface area contributed by atoms with Gasteiger partial charge in [0.1, 0.15) is 5.54 Å². The summed E-state index contributed by atoms with van der Waals surface area (Å²) in [4.78, 5) is 24.6. The Morgan fingerprint density at radius 3 is 2.53 bits per heavy atom. The first kappa shape index (κ1) is 13.8. The van der Waals surface area contributed by atoms with Crippen LogP contribution in [0.5, 0.6) is 0 Å². The van der Waals surface area contributed by atoms with E-state index in [-0.39, 0.29) is 25.3 Å². The third-order valence-electron chi connectivity index (χ3n) is 3.35. The highest BCUT2D eigenvalue weighted by Crippen LogP contribution is 2.20. The second-order valence-corrected chi connectivity index (χ2v) is 5.27. The third-order valence-corrected chi connectivity index (χ3v) is 3.60. The van der Waals surface area contributed by atoms with Crippen LogP contribution in [-0.4, -0.2) is 40.5 Å². The number of carboxylic acid groups (broad SMARTS) is 1. The number of carbonyl (C=O) groups excluding carboxylic acids is 1. The van der Waals surface area contributed by atoms with E-state index in [1.807, 2.05) is 0 Å². The van der Waals surface area contributed by atoms with E-state index in [0.29, 0.717) is 11.6 Å². The number of carboxylic acids is 1. The fraction of sp³-hybridized carbons (Fsp3) is 0.385. The second kappa shape index (κ2) is 5.19. The lowest BCUT2D eigenvalue weighted by molar-refractivity contribution is -0.143. The predicted octanol–water partition coefficient (Wildman–Crippen LogP) is 0.897. The summed E-state index contributed by atoms with van der Waals surface area (Å²) >= 11 is 5.77. The number of nitrogens with zero attached hydrogens (tertiary/aromatic N) is 1. The van der Waals surface area contributed by atoms with Crippen molar-refractivity contribution in [2.24, 2.45) is 5.73 Å². The van der Waals surface area contributed by atoms with Gasteiger partial charge in [-0.1, -0.05) is 23.7 Å². The lowest BCUT2D eigenvalue weighted by Crippen LogP contribution is -2.50. The summed E-state index contributed by atoms with van der Waals surface area (Å²) in [6.07, 6.45) is 0.515. The molecule has 0 radical (unpaired) electrons. The Kier molecular flexibility index (Phi) is 3.78. The van der Waals surface area contributed by atoms with Crippen LogP contribution in [0.15, 0.2) is 24.3 Å². The number of amides is 1. The lowest BCUT2D eigenvalue weighted by atomic mass is 10.0. The fourth-order valence-electron chi connectivity index (χ4n) is 2.11. The molecule has 1 saturated heterocycles. The summed E-state index contributed by atoms with van der Waals surface area (Å²) < 4.78 is 0. The molecule has 1 aliphatic heterocycles. The molecule has 6 heteroatoms. The van der Waals surface area contributed by atoms with Crippen molar-refractivity contribution in [3.63, 3.8) is 0 Å². The first-order chi connectivity index (χ1) is 8.90. The first-order valence-corrected chi connectivity index (χ1v) is 6.33. The highest BCUT2D eigenvalue weighted by Gasteiger charge is 2.42. The highest BCUT2D eigenvalue weighted by molar-refractivity contribution is 6.30. The molecular formula is C13H15ClN2O3. The van der Waals surface area contributed by atoms with Gasteiger partial charge in [-0.15, -0.1) is 0 Å². The van der Waals surface area contributed by atoms with Gasteiger partial charge >= 0.3 is 5.97 Å². The second-order valence-electron chi connectivity index (χ2n) is 4.83. The minimum atomic E-state index is -1.31. The van der Waals surface area contributed by atoms with Crippen molar-refractivity contribution >= 4 is 23.5 Å². The van der Waals surface area contributed by atoms with Gasteiger partial charge in [0.2, 0.25) is 5.91 Å². The lowest BCUT2D eigenvalue weighted by Gasteiger charge is -2.20. The quantitative estimate of drug-likeness (QED) is 0.863. The summed E-state index contributed by atoms with van der Waals surface area (Å²) in [5.74, 6) is -1.18. The molecule has 1 atom stereocenters. The number of hydrogen-bond donors (Lipinski definition) is 2. The molecule has 2 rings (SSSR count). The van der Waals surface area contributed by atoms with Gasteiger partial charge in [-0.25, -0.2) is 0 Å². The Morgan fingerprint density at radius 2 is 2.00 bits per heavy atom. The van der Waals surface area contributed by atoms with Crippen LogP contribution in [0.25, 0.3) is 0 Å². The number of hydrogen-bond acceptors (Lipinski definition) is 3. The molecule has 1 heterocycles. The molecule has 1 aliphatic rings. The maximum Gasteiger partial charge on any atom is 0.325 e. The number of carbonyl (C=O) groups is 2. The van der Waals surface area contributed by atoms with Gasteiger partial charge in [0.05, 0.1) is 6.42 Å². The Hall–Kier alpha value is -1.59. The minimum Gasteiger partial charge on any atom is -0.480 e. The van der Waals surface area contributed by atoms with Crippen LogP contribution in [0.2, 0.25) is 5.02 Å². The van der Waals surface area contributed by atoms with Crippen molar-refractivity contribution in [2.75, 3.05) is 13.1 Å². The zero-order valence-corrected chi connectivity index (χ0v) is 11.1. The van der Waals surface area contributed by atoms with Crippen molar-refractivity contribution in [3.05, 3.63) is 34.9 Å². The van der Waals surface area contributed by atoms with Crippen LogP contribution in [-0.2, 0) is 16.0 Å². The van der Waals surface area contributed by atoms with Gasteiger partial charge in [0.15, 0.2) is 0 Å². The zero-order chi connectivity index (χ0) is 14.0. The smallest absolute Gasteiger partial charge is 0.325 e. The van der Waals surface area contributed by atoms with Crippen LogP contribution in [0.1, 0.15) is 12.0 Å². The summed E-state index contributed by atoms with van der Waals surface area (Å²) in [5.41, 5.74) is 5.27. The standard InChI is InChI=1S/C13H15ClN2O3/c14-10-3-1-9(2-4-10)7-11(17)16-6-5-13(15,8-16)12(18)19/h1-4H,5-8,15H2,(H,18,19). The van der Waals surface area contributed by atoms with Crippen molar-refractivity contribution in [1.29, 1.82) is 0 Å². The van der Waals surface area contributed by atoms with Crippen molar-refractivity contribution < 1.29 is 14.7 Å². The van der Waals surface area contributed by atoms with E-state index < -0.39 is 11.5 Å². The maximum atomic E-state index is 12.1. The van der Waals surface area contributed by atoms with Crippen LogP contribution in [0.4, 0.5) is 0 Å². The summed E-state index contributed by atoms with van der Waals surface area (Å²) in [5, 5.41) is 9.63. The Labute approximate surface area is 116 Å². The maximum absolute atomic E-state index is 12.1. The number of nitrogens with two attached hydrogens (primary N) is 1. The number of halogens is 1. The number of benzene rings is 1. The molecule has 0 spiro atoms. The predicted molar refractivity (Wildman–Crippen MR) is 70.9 cm³/mol. The molecule has 0 bridgehead atoms. The summed E-state index contributed by atoms with van der Waals surface area (Å²) in [6, 6.07) is 7.00.